The van der Waals surface area contributed by atoms with Gasteiger partial charge in [-0.1, -0.05) is 13.8 Å². The number of likely N-dealkylation sites (tertiary alicyclic amines) is 1. The van der Waals surface area contributed by atoms with E-state index in [0.717, 1.165) is 25.9 Å². The quantitative estimate of drug-likeness (QED) is 0.706. The van der Waals surface area contributed by atoms with E-state index >= 15 is 0 Å². The van der Waals surface area contributed by atoms with Crippen LogP contribution in [0.15, 0.2) is 0 Å². The molecule has 0 radical (unpaired) electrons. The Kier molecular flexibility index (Phi) is 3.72. The zero-order valence-electron chi connectivity index (χ0n) is 8.62. The van der Waals surface area contributed by atoms with Gasteiger partial charge in [0.1, 0.15) is 0 Å². The van der Waals surface area contributed by atoms with E-state index in [9.17, 15) is 4.79 Å². The molecule has 2 atom stereocenters. The Labute approximate surface area is 80.3 Å². The lowest BCUT2D eigenvalue weighted by atomic mass is 10.1. The Balaban J connectivity index is 2.47. The predicted molar refractivity (Wildman–Crippen MR) is 53.2 cm³/mol. The van der Waals surface area contributed by atoms with Crippen LogP contribution in [0, 0.1) is 11.8 Å². The van der Waals surface area contributed by atoms with Crippen LogP contribution in [0.4, 0.5) is 0 Å². The molecule has 0 bridgehead atoms. The van der Waals surface area contributed by atoms with Crippen LogP contribution in [0.3, 0.4) is 0 Å². The number of hydrogen-bond donors (Lipinski definition) is 1. The summed E-state index contributed by atoms with van der Waals surface area (Å²) in [7, 11) is 0. The minimum Gasteiger partial charge on any atom is -0.342 e. The molecule has 2 unspecified atom stereocenters. The van der Waals surface area contributed by atoms with Crippen molar-refractivity contribution in [3.8, 4) is 0 Å². The van der Waals surface area contributed by atoms with Crippen LogP contribution >= 0.6 is 0 Å². The second-order valence-electron chi connectivity index (χ2n) is 4.02. The fourth-order valence-corrected chi connectivity index (χ4v) is 1.84. The maximum atomic E-state index is 11.8. The third-order valence-corrected chi connectivity index (χ3v) is 2.86. The van der Waals surface area contributed by atoms with Crippen molar-refractivity contribution in [2.45, 2.75) is 26.7 Å². The van der Waals surface area contributed by atoms with Gasteiger partial charge in [0, 0.05) is 19.6 Å². The molecule has 1 heterocycles. The van der Waals surface area contributed by atoms with Crippen molar-refractivity contribution in [2.24, 2.45) is 17.6 Å². The van der Waals surface area contributed by atoms with Crippen LogP contribution in [0.25, 0.3) is 0 Å². The lowest BCUT2D eigenvalue weighted by Crippen LogP contribution is -2.37. The van der Waals surface area contributed by atoms with Gasteiger partial charge >= 0.3 is 0 Å². The lowest BCUT2D eigenvalue weighted by molar-refractivity contribution is -0.134. The molecular weight excluding hydrogens is 164 g/mol. The van der Waals surface area contributed by atoms with Crippen molar-refractivity contribution in [1.29, 1.82) is 0 Å². The summed E-state index contributed by atoms with van der Waals surface area (Å²) < 4.78 is 0. The Morgan fingerprint density at radius 2 is 2.38 bits per heavy atom. The van der Waals surface area contributed by atoms with E-state index in [2.05, 4.69) is 6.92 Å². The van der Waals surface area contributed by atoms with Gasteiger partial charge in [0.15, 0.2) is 0 Å². The van der Waals surface area contributed by atoms with Gasteiger partial charge in [-0.15, -0.1) is 0 Å². The molecule has 2 N–H and O–H groups in total. The van der Waals surface area contributed by atoms with Gasteiger partial charge in [-0.2, -0.15) is 0 Å². The normalized spacial score (nSPS) is 24.8. The minimum absolute atomic E-state index is 0.0466. The van der Waals surface area contributed by atoms with Crippen molar-refractivity contribution in [3.63, 3.8) is 0 Å². The first-order chi connectivity index (χ1) is 6.19. The summed E-state index contributed by atoms with van der Waals surface area (Å²) in [4.78, 5) is 13.8. The smallest absolute Gasteiger partial charge is 0.226 e. The van der Waals surface area contributed by atoms with E-state index < -0.39 is 0 Å². The Hall–Kier alpha value is -0.570. The van der Waals surface area contributed by atoms with Crippen LogP contribution in [0.5, 0.6) is 0 Å². The van der Waals surface area contributed by atoms with Crippen LogP contribution in [-0.2, 0) is 4.79 Å². The second-order valence-corrected chi connectivity index (χ2v) is 4.02. The molecule has 0 spiro atoms. The zero-order chi connectivity index (χ0) is 9.84. The zero-order valence-corrected chi connectivity index (χ0v) is 8.62. The van der Waals surface area contributed by atoms with Gasteiger partial charge in [-0.25, -0.2) is 0 Å². The number of hydrogen-bond acceptors (Lipinski definition) is 2. The van der Waals surface area contributed by atoms with E-state index in [-0.39, 0.29) is 11.8 Å². The largest absolute Gasteiger partial charge is 0.342 e. The molecule has 0 aromatic heterocycles. The molecule has 1 aliphatic heterocycles. The van der Waals surface area contributed by atoms with Gasteiger partial charge in [-0.3, -0.25) is 4.79 Å². The molecule has 1 aliphatic rings. The van der Waals surface area contributed by atoms with Gasteiger partial charge in [0.2, 0.25) is 5.91 Å². The van der Waals surface area contributed by atoms with Crippen LogP contribution in [0.2, 0.25) is 0 Å². The SMILES string of the molecule is CCC(CN)C(=O)N1CCC(C)C1. The van der Waals surface area contributed by atoms with Crippen molar-refractivity contribution in [2.75, 3.05) is 19.6 Å². The number of carbonyl (C=O) groups is 1. The van der Waals surface area contributed by atoms with Crippen LogP contribution in [0.1, 0.15) is 26.7 Å². The second kappa shape index (κ2) is 4.61. The van der Waals surface area contributed by atoms with E-state index in [1.165, 1.54) is 0 Å². The summed E-state index contributed by atoms with van der Waals surface area (Å²) in [5, 5.41) is 0. The Bertz CT molecular complexity index is 178. The number of nitrogens with two attached hydrogens (primary N) is 1. The maximum Gasteiger partial charge on any atom is 0.226 e. The third-order valence-electron chi connectivity index (χ3n) is 2.86. The van der Waals surface area contributed by atoms with E-state index in [1.54, 1.807) is 0 Å². The van der Waals surface area contributed by atoms with E-state index in [4.69, 9.17) is 5.73 Å². The first kappa shape index (κ1) is 10.5. The number of carbonyl (C=O) groups excluding carboxylic acids is 1. The molecule has 0 aromatic carbocycles. The predicted octanol–water partition coefficient (Wildman–Crippen LogP) is 0.840. The van der Waals surface area contributed by atoms with Crippen LogP contribution < -0.4 is 5.73 Å². The molecule has 1 saturated heterocycles. The van der Waals surface area contributed by atoms with Crippen molar-refractivity contribution >= 4 is 5.91 Å². The highest BCUT2D eigenvalue weighted by molar-refractivity contribution is 5.79. The summed E-state index contributed by atoms with van der Waals surface area (Å²) in [6.07, 6.45) is 2.01. The Morgan fingerprint density at radius 1 is 1.69 bits per heavy atom. The average molecular weight is 184 g/mol. The molecule has 1 amide bonds. The molecule has 3 nitrogen and oxygen atoms in total. The summed E-state index contributed by atoms with van der Waals surface area (Å²) in [5.41, 5.74) is 5.54. The van der Waals surface area contributed by atoms with Gasteiger partial charge in [0.25, 0.3) is 0 Å². The molecule has 76 valence electrons. The monoisotopic (exact) mass is 184 g/mol. The fourth-order valence-electron chi connectivity index (χ4n) is 1.84. The fraction of sp³-hybridized carbons (Fsp3) is 0.900. The highest BCUT2D eigenvalue weighted by Gasteiger charge is 2.27. The number of nitrogens with zero attached hydrogens (tertiary/aromatic N) is 1. The van der Waals surface area contributed by atoms with Crippen LogP contribution in [-0.4, -0.2) is 30.4 Å². The standard InChI is InChI=1S/C10H20N2O/c1-3-9(6-11)10(13)12-5-4-8(2)7-12/h8-9H,3-7,11H2,1-2H3. The number of amides is 1. The summed E-state index contributed by atoms with van der Waals surface area (Å²) in [6, 6.07) is 0. The molecule has 3 heteroatoms. The van der Waals surface area contributed by atoms with Crippen molar-refractivity contribution < 1.29 is 4.79 Å². The van der Waals surface area contributed by atoms with Crippen molar-refractivity contribution in [1.82, 2.24) is 4.90 Å². The first-order valence-electron chi connectivity index (χ1n) is 5.17. The van der Waals surface area contributed by atoms with Gasteiger partial charge in [-0.05, 0) is 18.8 Å². The van der Waals surface area contributed by atoms with E-state index in [0.29, 0.717) is 12.5 Å². The number of rotatable bonds is 3. The molecule has 1 rings (SSSR count). The molecular formula is C10H20N2O. The average Bonchev–Trinajstić information content (AvgIpc) is 2.54. The molecule has 1 fully saturated rings. The molecule has 13 heavy (non-hydrogen) atoms. The first-order valence-corrected chi connectivity index (χ1v) is 5.17. The minimum atomic E-state index is 0.0466. The summed E-state index contributed by atoms with van der Waals surface area (Å²) in [5.74, 6) is 0.971. The summed E-state index contributed by atoms with van der Waals surface area (Å²) in [6.45, 7) is 6.55. The van der Waals surface area contributed by atoms with Gasteiger partial charge in [0.05, 0.1) is 5.92 Å². The maximum absolute atomic E-state index is 11.8. The molecule has 0 saturated carbocycles. The lowest BCUT2D eigenvalue weighted by Gasteiger charge is -2.21. The topological polar surface area (TPSA) is 46.3 Å². The van der Waals surface area contributed by atoms with Crippen molar-refractivity contribution in [3.05, 3.63) is 0 Å². The van der Waals surface area contributed by atoms with Gasteiger partial charge < -0.3 is 10.6 Å². The highest BCUT2D eigenvalue weighted by atomic mass is 16.2. The summed E-state index contributed by atoms with van der Waals surface area (Å²) >= 11 is 0. The van der Waals surface area contributed by atoms with E-state index in [1.807, 2.05) is 11.8 Å². The highest BCUT2D eigenvalue weighted by Crippen LogP contribution is 2.18. The Morgan fingerprint density at radius 3 is 2.77 bits per heavy atom. The molecule has 0 aromatic rings. The molecule has 0 aliphatic carbocycles. The third kappa shape index (κ3) is 2.44.